The molecule has 0 aliphatic heterocycles. The Hall–Kier alpha value is -1.78. The number of hydrogen-bond acceptors (Lipinski definition) is 2. The van der Waals surface area contributed by atoms with Gasteiger partial charge in [0.15, 0.2) is 0 Å². The molecule has 0 aromatic heterocycles. The lowest BCUT2D eigenvalue weighted by molar-refractivity contribution is 0.469. The molecule has 3 rings (SSSR count). The topological polar surface area (TPSA) is 38.3 Å². The molecule has 6 heteroatoms. The van der Waals surface area contributed by atoms with E-state index >= 15 is 0 Å². The zero-order valence-corrected chi connectivity index (χ0v) is 28.0. The third-order valence-electron chi connectivity index (χ3n) is 7.59. The molecule has 39 heavy (non-hydrogen) atoms. The van der Waals surface area contributed by atoms with Crippen LogP contribution in [0.15, 0.2) is 84.9 Å². The van der Waals surface area contributed by atoms with Gasteiger partial charge in [-0.15, -0.1) is 0 Å². The van der Waals surface area contributed by atoms with Crippen molar-refractivity contribution < 1.29 is 8.63 Å². The lowest BCUT2D eigenvalue weighted by atomic mass is 10.1. The first-order valence-corrected chi connectivity index (χ1v) is 19.0. The summed E-state index contributed by atoms with van der Waals surface area (Å²) in [7, 11) is -4.13. The first-order valence-electron chi connectivity index (χ1n) is 14.2. The minimum absolute atomic E-state index is 0.133. The monoisotopic (exact) mass is 581 g/mol. The summed E-state index contributed by atoms with van der Waals surface area (Å²) in [5, 5.41) is 2.64. The highest BCUT2D eigenvalue weighted by molar-refractivity contribution is 7.84. The van der Waals surface area contributed by atoms with Crippen molar-refractivity contribution in [3.63, 3.8) is 0 Å². The molecule has 1 N–H and O–H groups in total. The van der Waals surface area contributed by atoms with Gasteiger partial charge in [0.2, 0.25) is 0 Å². The number of nitrogens with one attached hydrogen (secondary N) is 1. The molecule has 0 saturated heterocycles. The average molecular weight is 582 g/mol. The molecule has 2 atom stereocenters. The number of para-hydroxylation sites is 1. The zero-order valence-electron chi connectivity index (χ0n) is 25.3. The summed E-state index contributed by atoms with van der Waals surface area (Å²) in [6.45, 7) is 20.0. The van der Waals surface area contributed by atoms with Crippen LogP contribution in [0.1, 0.15) is 73.9 Å². The second-order valence-corrected chi connectivity index (χ2v) is 21.9. The second kappa shape index (κ2) is 13.7. The summed E-state index contributed by atoms with van der Waals surface area (Å²) in [5.74, 6) is 0.944. The van der Waals surface area contributed by atoms with Crippen molar-refractivity contribution in [2.75, 3.05) is 6.16 Å². The van der Waals surface area contributed by atoms with Gasteiger partial charge in [-0.1, -0.05) is 120 Å². The van der Waals surface area contributed by atoms with E-state index in [4.69, 9.17) is 4.43 Å². The third kappa shape index (κ3) is 7.70. The molecule has 0 aliphatic rings. The van der Waals surface area contributed by atoms with Crippen LogP contribution in [0, 0.1) is 0 Å². The first kappa shape index (κ1) is 31.7. The molecule has 0 bridgehead atoms. The molecule has 3 aromatic rings. The quantitative estimate of drug-likeness (QED) is 0.172. The number of benzene rings is 3. The fourth-order valence-corrected chi connectivity index (χ4v) is 14.3. The fourth-order valence-electron chi connectivity index (χ4n) is 5.67. The van der Waals surface area contributed by atoms with Crippen LogP contribution in [0.5, 0.6) is 5.75 Å². The van der Waals surface area contributed by atoms with Crippen LogP contribution in [0.2, 0.25) is 16.6 Å². The van der Waals surface area contributed by atoms with Crippen molar-refractivity contribution >= 4 is 37.8 Å². The van der Waals surface area contributed by atoms with E-state index in [9.17, 15) is 4.21 Å². The largest absolute Gasteiger partial charge is 0.542 e. The molecule has 0 aliphatic carbocycles. The summed E-state index contributed by atoms with van der Waals surface area (Å²) in [6, 6.07) is 29.9. The standard InChI is InChI=1S/C33H48NO2PSSi/c1-25(2)39(26(3)4,27(5)6)36-32-23-17-16-22-30(32)31(34-38(35)33(7,8)9)24-37(28-18-12-10-13-19-28)29-20-14-11-15-21-29/h10-23,25-27,31,34H,24H2,1-9H3/t31?,38-/m1/s1. The van der Waals surface area contributed by atoms with Crippen LogP contribution in [0.3, 0.4) is 0 Å². The fraction of sp³-hybridized carbons (Fsp3) is 0.455. The maximum absolute atomic E-state index is 13.6. The van der Waals surface area contributed by atoms with Crippen molar-refractivity contribution in [3.8, 4) is 5.75 Å². The lowest BCUT2D eigenvalue weighted by Gasteiger charge is -2.43. The van der Waals surface area contributed by atoms with E-state index in [1.807, 2.05) is 20.8 Å². The molecule has 0 spiro atoms. The molecule has 212 valence electrons. The molecule has 0 saturated carbocycles. The predicted octanol–water partition coefficient (Wildman–Crippen LogP) is 8.47. The molecule has 0 radical (unpaired) electrons. The molecular formula is C33H48NO2PSSi. The van der Waals surface area contributed by atoms with E-state index in [-0.39, 0.29) is 10.8 Å². The maximum Gasteiger partial charge on any atom is 0.258 e. The molecule has 0 heterocycles. The molecule has 1 unspecified atom stereocenters. The molecule has 0 amide bonds. The number of rotatable bonds is 12. The summed E-state index contributed by atoms with van der Waals surface area (Å²) in [6.07, 6.45) is 0.825. The summed E-state index contributed by atoms with van der Waals surface area (Å²) >= 11 is 0. The molecular weight excluding hydrogens is 533 g/mol. The van der Waals surface area contributed by atoms with Crippen LogP contribution in [-0.2, 0) is 11.0 Å². The number of hydrogen-bond donors (Lipinski definition) is 1. The van der Waals surface area contributed by atoms with Gasteiger partial charge in [0.1, 0.15) is 5.75 Å². The van der Waals surface area contributed by atoms with E-state index in [1.54, 1.807) is 0 Å². The van der Waals surface area contributed by atoms with Crippen molar-refractivity contribution in [2.24, 2.45) is 0 Å². The Kier molecular flexibility index (Phi) is 11.2. The van der Waals surface area contributed by atoms with E-state index in [1.165, 1.54) is 10.6 Å². The van der Waals surface area contributed by atoms with E-state index in [0.717, 1.165) is 17.5 Å². The highest BCUT2D eigenvalue weighted by Gasteiger charge is 2.47. The smallest absolute Gasteiger partial charge is 0.258 e. The Balaban J connectivity index is 2.15. The Bertz CT molecular complexity index is 1130. The minimum Gasteiger partial charge on any atom is -0.542 e. The van der Waals surface area contributed by atoms with Crippen LogP contribution in [0.4, 0.5) is 0 Å². The summed E-state index contributed by atoms with van der Waals surface area (Å²) < 4.78 is 24.1. The third-order valence-corrected chi connectivity index (χ3v) is 17.8. The van der Waals surface area contributed by atoms with Crippen molar-refractivity contribution in [1.29, 1.82) is 0 Å². The van der Waals surface area contributed by atoms with Gasteiger partial charge in [0.05, 0.1) is 21.8 Å². The highest BCUT2D eigenvalue weighted by Crippen LogP contribution is 2.46. The summed E-state index contributed by atoms with van der Waals surface area (Å²) in [5.41, 5.74) is 2.50. The van der Waals surface area contributed by atoms with Gasteiger partial charge in [-0.3, -0.25) is 0 Å². The van der Waals surface area contributed by atoms with E-state index in [0.29, 0.717) is 16.6 Å². The van der Waals surface area contributed by atoms with Gasteiger partial charge in [-0.25, -0.2) is 8.93 Å². The summed E-state index contributed by atoms with van der Waals surface area (Å²) in [4.78, 5) is 0. The predicted molar refractivity (Wildman–Crippen MR) is 176 cm³/mol. The molecule has 0 fully saturated rings. The minimum atomic E-state index is -2.19. The van der Waals surface area contributed by atoms with E-state index in [2.05, 4.69) is 131 Å². The zero-order chi connectivity index (χ0) is 28.8. The van der Waals surface area contributed by atoms with Gasteiger partial charge < -0.3 is 4.43 Å². The second-order valence-electron chi connectivity index (χ2n) is 12.3. The van der Waals surface area contributed by atoms with Gasteiger partial charge in [0.25, 0.3) is 8.32 Å². The molecule has 3 nitrogen and oxygen atoms in total. The van der Waals surface area contributed by atoms with Crippen LogP contribution in [0.25, 0.3) is 0 Å². The molecule has 3 aromatic carbocycles. The van der Waals surface area contributed by atoms with Crippen LogP contribution < -0.4 is 19.8 Å². The Morgan fingerprint density at radius 2 is 1.18 bits per heavy atom. The van der Waals surface area contributed by atoms with Gasteiger partial charge in [-0.05, 0) is 68.2 Å². The van der Waals surface area contributed by atoms with Crippen molar-refractivity contribution in [2.45, 2.75) is 89.7 Å². The van der Waals surface area contributed by atoms with E-state index < -0.39 is 27.2 Å². The first-order chi connectivity index (χ1) is 18.4. The average Bonchev–Trinajstić information content (AvgIpc) is 2.89. The van der Waals surface area contributed by atoms with Gasteiger partial charge in [-0.2, -0.15) is 0 Å². The Morgan fingerprint density at radius 1 is 0.744 bits per heavy atom. The van der Waals surface area contributed by atoms with Gasteiger partial charge >= 0.3 is 0 Å². The lowest BCUT2D eigenvalue weighted by Crippen LogP contribution is -2.51. The van der Waals surface area contributed by atoms with Crippen LogP contribution in [-0.4, -0.2) is 23.4 Å². The highest BCUT2D eigenvalue weighted by atomic mass is 32.2. The SMILES string of the molecule is CC(C)[Si](Oc1ccccc1C(CP(c1ccccc1)c1ccccc1)N[S@](=O)C(C)(C)C)(C(C)C)C(C)C. The maximum atomic E-state index is 13.6. The van der Waals surface area contributed by atoms with Gasteiger partial charge in [0, 0.05) is 5.56 Å². The van der Waals surface area contributed by atoms with Crippen molar-refractivity contribution in [1.82, 2.24) is 4.72 Å². The Morgan fingerprint density at radius 3 is 1.62 bits per heavy atom. The normalized spacial score (nSPS) is 14.3. The Labute approximate surface area is 242 Å². The van der Waals surface area contributed by atoms with Crippen molar-refractivity contribution in [3.05, 3.63) is 90.5 Å². The van der Waals surface area contributed by atoms with Crippen LogP contribution >= 0.6 is 7.92 Å².